The molecular weight excluding hydrogens is 284 g/mol. The zero-order valence-corrected chi connectivity index (χ0v) is 12.3. The molecule has 0 saturated heterocycles. The minimum absolute atomic E-state index is 0.206. The van der Waals surface area contributed by atoms with Crippen LogP contribution >= 0.6 is 12.2 Å². The number of amides is 2. The highest BCUT2D eigenvalue weighted by Crippen LogP contribution is 2.30. The summed E-state index contributed by atoms with van der Waals surface area (Å²) < 4.78 is 0. The van der Waals surface area contributed by atoms with Crippen LogP contribution in [0.15, 0.2) is 36.4 Å². The lowest BCUT2D eigenvalue weighted by atomic mass is 9.93. The third-order valence-electron chi connectivity index (χ3n) is 3.80. The van der Waals surface area contributed by atoms with E-state index >= 15 is 0 Å². The monoisotopic (exact) mass is 298 g/mol. The molecule has 0 radical (unpaired) electrons. The van der Waals surface area contributed by atoms with Crippen LogP contribution in [-0.4, -0.2) is 28.2 Å². The van der Waals surface area contributed by atoms with Crippen molar-refractivity contribution >= 4 is 39.8 Å². The molecule has 0 aliphatic carbocycles. The normalized spacial score (nSPS) is 15.4. The third kappa shape index (κ3) is 2.10. The Morgan fingerprint density at radius 2 is 1.67 bits per heavy atom. The molecule has 2 aromatic rings. The fourth-order valence-electron chi connectivity index (χ4n) is 2.61. The molecule has 2 aromatic carbocycles. The van der Waals surface area contributed by atoms with E-state index < -0.39 is 0 Å². The van der Waals surface area contributed by atoms with Gasteiger partial charge >= 0.3 is 0 Å². The number of nitrogens with two attached hydrogens (primary N) is 1. The molecule has 1 aliphatic rings. The summed E-state index contributed by atoms with van der Waals surface area (Å²) in [4.78, 5) is 26.7. The highest BCUT2D eigenvalue weighted by molar-refractivity contribution is 7.80. The summed E-state index contributed by atoms with van der Waals surface area (Å²) in [5, 5.41) is 1.63. The molecule has 2 N–H and O–H groups in total. The SMILES string of the molecule is CC(CN1C(=O)c2cccc3cccc(c23)C1=O)C(N)=S. The molecule has 5 heteroatoms. The number of hydrogen-bond acceptors (Lipinski definition) is 3. The number of rotatable bonds is 3. The molecule has 0 saturated carbocycles. The van der Waals surface area contributed by atoms with Gasteiger partial charge in [-0.3, -0.25) is 14.5 Å². The lowest BCUT2D eigenvalue weighted by Crippen LogP contribution is -2.44. The highest BCUT2D eigenvalue weighted by Gasteiger charge is 2.33. The first-order valence-corrected chi connectivity index (χ1v) is 7.09. The first-order chi connectivity index (χ1) is 10.0. The maximum Gasteiger partial charge on any atom is 0.261 e. The van der Waals surface area contributed by atoms with Gasteiger partial charge in [-0.25, -0.2) is 0 Å². The lowest BCUT2D eigenvalue weighted by Gasteiger charge is -2.29. The van der Waals surface area contributed by atoms with Gasteiger partial charge in [0, 0.05) is 29.0 Å². The van der Waals surface area contributed by atoms with Crippen molar-refractivity contribution in [3.8, 4) is 0 Å². The van der Waals surface area contributed by atoms with Gasteiger partial charge in [-0.1, -0.05) is 43.4 Å². The standard InChI is InChI=1S/C16H14N2O2S/c1-9(14(17)21)8-18-15(19)11-6-2-4-10-5-3-7-12(13(10)11)16(18)20/h2-7,9H,8H2,1H3,(H2,17,21). The maximum absolute atomic E-state index is 12.6. The van der Waals surface area contributed by atoms with E-state index in [1.165, 1.54) is 4.90 Å². The van der Waals surface area contributed by atoms with Crippen molar-refractivity contribution in [1.29, 1.82) is 0 Å². The largest absolute Gasteiger partial charge is 0.393 e. The Balaban J connectivity index is 2.13. The van der Waals surface area contributed by atoms with E-state index in [9.17, 15) is 9.59 Å². The van der Waals surface area contributed by atoms with Gasteiger partial charge in [-0.15, -0.1) is 0 Å². The number of benzene rings is 2. The van der Waals surface area contributed by atoms with Crippen LogP contribution in [0.2, 0.25) is 0 Å². The minimum atomic E-state index is -0.285. The second-order valence-corrected chi connectivity index (χ2v) is 5.70. The van der Waals surface area contributed by atoms with Crippen molar-refractivity contribution in [2.45, 2.75) is 6.92 Å². The maximum atomic E-state index is 12.6. The molecule has 0 bridgehead atoms. The zero-order valence-electron chi connectivity index (χ0n) is 11.5. The van der Waals surface area contributed by atoms with Crippen molar-refractivity contribution in [2.75, 3.05) is 6.54 Å². The number of nitrogens with zero attached hydrogens (tertiary/aromatic N) is 1. The average molecular weight is 298 g/mol. The molecular formula is C16H14N2O2S. The molecule has 0 spiro atoms. The molecule has 2 amide bonds. The average Bonchev–Trinajstić information content (AvgIpc) is 2.48. The van der Waals surface area contributed by atoms with Crippen molar-refractivity contribution in [3.05, 3.63) is 47.5 Å². The van der Waals surface area contributed by atoms with Crippen LogP contribution in [0.5, 0.6) is 0 Å². The van der Waals surface area contributed by atoms with E-state index in [-0.39, 0.29) is 24.3 Å². The topological polar surface area (TPSA) is 63.4 Å². The van der Waals surface area contributed by atoms with Gasteiger partial charge in [-0.05, 0) is 17.5 Å². The van der Waals surface area contributed by atoms with E-state index in [2.05, 4.69) is 0 Å². The summed E-state index contributed by atoms with van der Waals surface area (Å²) in [6.45, 7) is 2.02. The molecule has 1 heterocycles. The van der Waals surface area contributed by atoms with Crippen LogP contribution in [0.25, 0.3) is 10.8 Å². The molecule has 3 rings (SSSR count). The Labute approximate surface area is 127 Å². The molecule has 4 nitrogen and oxygen atoms in total. The number of hydrogen-bond donors (Lipinski definition) is 1. The lowest BCUT2D eigenvalue weighted by molar-refractivity contribution is 0.0601. The predicted molar refractivity (Wildman–Crippen MR) is 85.3 cm³/mol. The smallest absolute Gasteiger partial charge is 0.261 e. The zero-order chi connectivity index (χ0) is 15.1. The van der Waals surface area contributed by atoms with Crippen LogP contribution in [0.3, 0.4) is 0 Å². The van der Waals surface area contributed by atoms with Gasteiger partial charge in [-0.2, -0.15) is 0 Å². The van der Waals surface area contributed by atoms with Gasteiger partial charge in [0.15, 0.2) is 0 Å². The van der Waals surface area contributed by atoms with Crippen molar-refractivity contribution in [3.63, 3.8) is 0 Å². The highest BCUT2D eigenvalue weighted by atomic mass is 32.1. The molecule has 0 aromatic heterocycles. The van der Waals surface area contributed by atoms with Crippen LogP contribution in [0, 0.1) is 5.92 Å². The molecule has 1 aliphatic heterocycles. The van der Waals surface area contributed by atoms with E-state index in [0.29, 0.717) is 16.1 Å². The minimum Gasteiger partial charge on any atom is -0.393 e. The molecule has 21 heavy (non-hydrogen) atoms. The summed E-state index contributed by atoms with van der Waals surface area (Å²) in [6, 6.07) is 10.9. The van der Waals surface area contributed by atoms with Gasteiger partial charge < -0.3 is 5.73 Å². The summed E-state index contributed by atoms with van der Waals surface area (Å²) >= 11 is 4.93. The number of carbonyl (C=O) groups is 2. The first-order valence-electron chi connectivity index (χ1n) is 6.68. The second-order valence-electron chi connectivity index (χ2n) is 5.23. The van der Waals surface area contributed by atoms with E-state index in [1.54, 1.807) is 12.1 Å². The number of carbonyl (C=O) groups excluding carboxylic acids is 2. The molecule has 106 valence electrons. The fourth-order valence-corrected chi connectivity index (χ4v) is 2.68. The van der Waals surface area contributed by atoms with E-state index in [1.807, 2.05) is 31.2 Å². The van der Waals surface area contributed by atoms with Gasteiger partial charge in [0.05, 0.1) is 4.99 Å². The summed E-state index contributed by atoms with van der Waals surface area (Å²) in [7, 11) is 0. The van der Waals surface area contributed by atoms with Gasteiger partial charge in [0.1, 0.15) is 0 Å². The van der Waals surface area contributed by atoms with Crippen LogP contribution in [-0.2, 0) is 0 Å². The Bertz CT molecular complexity index is 734. The van der Waals surface area contributed by atoms with Crippen molar-refractivity contribution in [1.82, 2.24) is 4.90 Å². The Morgan fingerprint density at radius 1 is 1.14 bits per heavy atom. The van der Waals surface area contributed by atoms with Crippen LogP contribution in [0.1, 0.15) is 27.6 Å². The van der Waals surface area contributed by atoms with Gasteiger partial charge in [0.25, 0.3) is 11.8 Å². The summed E-state index contributed by atoms with van der Waals surface area (Å²) in [5.41, 5.74) is 6.70. The molecule has 1 unspecified atom stereocenters. The van der Waals surface area contributed by atoms with Crippen LogP contribution < -0.4 is 5.73 Å². The van der Waals surface area contributed by atoms with Crippen molar-refractivity contribution in [2.24, 2.45) is 11.7 Å². The van der Waals surface area contributed by atoms with Crippen molar-refractivity contribution < 1.29 is 9.59 Å². The predicted octanol–water partition coefficient (Wildman–Crippen LogP) is 2.36. The summed E-state index contributed by atoms with van der Waals surface area (Å²) in [6.07, 6.45) is 0. The summed E-state index contributed by atoms with van der Waals surface area (Å²) in [5.74, 6) is -0.780. The Kier molecular flexibility index (Phi) is 3.22. The quantitative estimate of drug-likeness (QED) is 0.698. The Morgan fingerprint density at radius 3 is 2.14 bits per heavy atom. The number of thiocarbonyl (C=S) groups is 1. The third-order valence-corrected chi connectivity index (χ3v) is 4.20. The van der Waals surface area contributed by atoms with E-state index in [4.69, 9.17) is 18.0 Å². The molecule has 0 fully saturated rings. The van der Waals surface area contributed by atoms with Crippen LogP contribution in [0.4, 0.5) is 0 Å². The van der Waals surface area contributed by atoms with E-state index in [0.717, 1.165) is 10.8 Å². The second kappa shape index (κ2) is 4.93. The molecule has 1 atom stereocenters. The Hall–Kier alpha value is -2.27. The fraction of sp³-hybridized carbons (Fsp3) is 0.188. The van der Waals surface area contributed by atoms with Gasteiger partial charge in [0.2, 0.25) is 0 Å². The number of imide groups is 1. The first kappa shape index (κ1) is 13.7.